The number of hydrogen-bond acceptors (Lipinski definition) is 3. The molecule has 1 amide bonds. The van der Waals surface area contributed by atoms with Crippen LogP contribution in [0.25, 0.3) is 11.1 Å². The third kappa shape index (κ3) is 1.94. The summed E-state index contributed by atoms with van der Waals surface area (Å²) in [5, 5.41) is 0. The Labute approximate surface area is 109 Å². The Bertz CT molecular complexity index is 823. The smallest absolute Gasteiger partial charge is 0.264 e. The molecule has 0 aliphatic carbocycles. The lowest BCUT2D eigenvalue weighted by Gasteiger charge is -2.04. The number of fused-ring (bicyclic) bond motifs is 1. The summed E-state index contributed by atoms with van der Waals surface area (Å²) < 4.78 is 29.0. The molecule has 4 nitrogen and oxygen atoms in total. The summed E-state index contributed by atoms with van der Waals surface area (Å²) in [6.07, 6.45) is 2.86. The average Bonchev–Trinajstić information content (AvgIpc) is 2.59. The molecule has 96 valence electrons. The number of rotatable bonds is 1. The van der Waals surface area contributed by atoms with Crippen molar-refractivity contribution in [3.63, 3.8) is 0 Å². The monoisotopic (exact) mass is 276 g/mol. The summed E-state index contributed by atoms with van der Waals surface area (Å²) in [5.41, 5.74) is 1.34. The lowest BCUT2D eigenvalue weighted by Crippen LogP contribution is -1.99. The van der Waals surface area contributed by atoms with E-state index in [1.165, 1.54) is 24.6 Å². The van der Waals surface area contributed by atoms with Crippen molar-refractivity contribution in [2.45, 2.75) is 4.90 Å². The highest BCUT2D eigenvalue weighted by Crippen LogP contribution is 2.29. The summed E-state index contributed by atoms with van der Waals surface area (Å²) in [5.74, 6) is -0.927. The van der Waals surface area contributed by atoms with Crippen molar-refractivity contribution in [1.82, 2.24) is 4.98 Å². The molecule has 1 aliphatic heterocycles. The molecule has 0 bridgehead atoms. The number of carbonyl (C=O) groups excluding carboxylic acids is 1. The summed E-state index contributed by atoms with van der Waals surface area (Å²) >= 11 is 0. The molecule has 2 aromatic rings. The largest absolute Gasteiger partial charge is 0.305 e. The second kappa shape index (κ2) is 3.96. The number of halogens is 1. The Morgan fingerprint density at radius 2 is 2.00 bits per heavy atom. The molecule has 0 spiro atoms. The highest BCUT2D eigenvalue weighted by molar-refractivity contribution is 7.93. The van der Waals surface area contributed by atoms with E-state index in [4.69, 9.17) is 0 Å². The lowest BCUT2D eigenvalue weighted by atomic mass is 10.1. The number of aromatic nitrogens is 1. The van der Waals surface area contributed by atoms with Crippen LogP contribution in [-0.2, 0) is 9.73 Å². The molecule has 1 atom stereocenters. The van der Waals surface area contributed by atoms with Crippen molar-refractivity contribution in [3.8, 4) is 11.1 Å². The maximum absolute atomic E-state index is 13.2. The Kier molecular flexibility index (Phi) is 2.50. The Morgan fingerprint density at radius 1 is 1.21 bits per heavy atom. The minimum absolute atomic E-state index is 0.118. The van der Waals surface area contributed by atoms with E-state index in [0.717, 1.165) is 0 Å². The van der Waals surface area contributed by atoms with Crippen LogP contribution in [0.1, 0.15) is 10.5 Å². The topological polar surface area (TPSA) is 59.4 Å². The number of pyridine rings is 1. The van der Waals surface area contributed by atoms with E-state index in [1.54, 1.807) is 18.2 Å². The molecule has 2 heterocycles. The van der Waals surface area contributed by atoms with Crippen LogP contribution in [-0.4, -0.2) is 21.4 Å². The second-order valence-corrected chi connectivity index (χ2v) is 6.51. The van der Waals surface area contributed by atoms with Crippen LogP contribution in [0, 0.1) is 5.82 Å². The molecule has 1 aromatic carbocycles. The maximum Gasteiger partial charge on any atom is 0.305 e. The van der Waals surface area contributed by atoms with E-state index >= 15 is 0 Å². The molecule has 19 heavy (non-hydrogen) atoms. The van der Waals surface area contributed by atoms with Gasteiger partial charge in [0.1, 0.15) is 11.5 Å². The van der Waals surface area contributed by atoms with Gasteiger partial charge < -0.3 is 0 Å². The molecule has 0 N–H and O–H groups in total. The number of amides is 1. The highest BCUT2D eigenvalue weighted by Gasteiger charge is 2.27. The van der Waals surface area contributed by atoms with Gasteiger partial charge in [0.05, 0.1) is 14.6 Å². The molecular weight excluding hydrogens is 267 g/mol. The number of nitrogens with zero attached hydrogens (tertiary/aromatic N) is 2. The van der Waals surface area contributed by atoms with Gasteiger partial charge in [-0.25, -0.2) is 13.6 Å². The van der Waals surface area contributed by atoms with E-state index in [1.807, 2.05) is 0 Å². The van der Waals surface area contributed by atoms with E-state index < -0.39 is 15.6 Å². The molecule has 1 aliphatic rings. The summed E-state index contributed by atoms with van der Waals surface area (Å²) in [7, 11) is -2.73. The maximum atomic E-state index is 13.2. The molecule has 0 fully saturated rings. The zero-order valence-electron chi connectivity index (χ0n) is 9.96. The highest BCUT2D eigenvalue weighted by atomic mass is 32.2. The second-order valence-electron chi connectivity index (χ2n) is 4.28. The van der Waals surface area contributed by atoms with Gasteiger partial charge >= 0.3 is 5.91 Å². The van der Waals surface area contributed by atoms with Crippen LogP contribution >= 0.6 is 0 Å². The van der Waals surface area contributed by atoms with Crippen molar-refractivity contribution < 1.29 is 13.4 Å². The predicted molar refractivity (Wildman–Crippen MR) is 68.7 cm³/mol. The molecule has 1 aromatic heterocycles. The lowest BCUT2D eigenvalue weighted by molar-refractivity contribution is 0.100. The van der Waals surface area contributed by atoms with Crippen LogP contribution in [0.5, 0.6) is 0 Å². The average molecular weight is 276 g/mol. The van der Waals surface area contributed by atoms with Crippen molar-refractivity contribution in [2.75, 3.05) is 6.26 Å². The number of benzene rings is 1. The van der Waals surface area contributed by atoms with Crippen LogP contribution in [0.4, 0.5) is 4.39 Å². The third-order valence-corrected chi connectivity index (χ3v) is 4.52. The van der Waals surface area contributed by atoms with Gasteiger partial charge in [-0.05, 0) is 23.8 Å². The normalized spacial score (nSPS) is 21.1. The van der Waals surface area contributed by atoms with Gasteiger partial charge in [-0.3, -0.25) is 4.79 Å². The molecule has 0 saturated carbocycles. The first-order chi connectivity index (χ1) is 8.97. The van der Waals surface area contributed by atoms with E-state index in [2.05, 4.69) is 9.35 Å². The molecule has 1 unspecified atom stereocenters. The minimum Gasteiger partial charge on any atom is -0.264 e. The summed E-state index contributed by atoms with van der Waals surface area (Å²) in [6.45, 7) is 0. The fourth-order valence-electron chi connectivity index (χ4n) is 1.97. The first-order valence-electron chi connectivity index (χ1n) is 5.50. The molecule has 6 heteroatoms. The first kappa shape index (κ1) is 12.0. The Morgan fingerprint density at radius 3 is 2.74 bits per heavy atom. The van der Waals surface area contributed by atoms with Crippen LogP contribution in [0.2, 0.25) is 0 Å². The Hall–Kier alpha value is -2.08. The van der Waals surface area contributed by atoms with Gasteiger partial charge in [-0.1, -0.05) is 12.1 Å². The van der Waals surface area contributed by atoms with Gasteiger partial charge in [0.2, 0.25) is 0 Å². The van der Waals surface area contributed by atoms with Gasteiger partial charge in [-0.15, -0.1) is 0 Å². The zero-order chi connectivity index (χ0) is 13.6. The van der Waals surface area contributed by atoms with Gasteiger partial charge in [0.25, 0.3) is 0 Å². The van der Waals surface area contributed by atoms with E-state index in [-0.39, 0.29) is 11.5 Å². The van der Waals surface area contributed by atoms with Crippen LogP contribution in [0.15, 0.2) is 45.8 Å². The van der Waals surface area contributed by atoms with Crippen molar-refractivity contribution >= 4 is 15.6 Å². The fraction of sp³-hybridized carbons (Fsp3) is 0.0769. The van der Waals surface area contributed by atoms with Crippen molar-refractivity contribution in [1.29, 1.82) is 0 Å². The van der Waals surface area contributed by atoms with E-state index in [9.17, 15) is 13.4 Å². The van der Waals surface area contributed by atoms with Gasteiger partial charge in [-0.2, -0.15) is 4.36 Å². The Balaban J connectivity index is 2.21. The van der Waals surface area contributed by atoms with Crippen molar-refractivity contribution in [3.05, 3.63) is 48.0 Å². The van der Waals surface area contributed by atoms with Crippen molar-refractivity contribution in [2.24, 2.45) is 4.36 Å². The molecule has 3 rings (SSSR count). The number of hydrogen-bond donors (Lipinski definition) is 0. The summed E-state index contributed by atoms with van der Waals surface area (Å²) in [4.78, 5) is 15.8. The van der Waals surface area contributed by atoms with Gasteiger partial charge in [0.15, 0.2) is 0 Å². The third-order valence-electron chi connectivity index (χ3n) is 2.88. The zero-order valence-corrected chi connectivity index (χ0v) is 10.8. The molecule has 0 saturated heterocycles. The van der Waals surface area contributed by atoms with Gasteiger partial charge in [0, 0.05) is 18.0 Å². The standard InChI is InChI=1S/C13H9FN2O2S/c1-19(18)11-6-9(7-15-12(11)13(17)16-19)8-3-2-4-10(14)5-8/h2-7H,1H3. The molecule has 0 radical (unpaired) electrons. The van der Waals surface area contributed by atoms with E-state index in [0.29, 0.717) is 16.0 Å². The summed E-state index contributed by atoms with van der Waals surface area (Å²) in [6, 6.07) is 7.59. The predicted octanol–water partition coefficient (Wildman–Crippen LogP) is 2.50. The minimum atomic E-state index is -2.73. The SMILES string of the molecule is CS1(=O)=NC(=O)c2ncc(-c3cccc(F)c3)cc21. The van der Waals surface area contributed by atoms with Crippen LogP contribution < -0.4 is 0 Å². The quantitative estimate of drug-likeness (QED) is 0.804. The number of carbonyl (C=O) groups is 1. The first-order valence-corrected chi connectivity index (χ1v) is 7.42. The molecular formula is C13H9FN2O2S. The fourth-order valence-corrected chi connectivity index (χ4v) is 3.32. The van der Waals surface area contributed by atoms with Crippen LogP contribution in [0.3, 0.4) is 0 Å².